The van der Waals surface area contributed by atoms with Gasteiger partial charge in [0, 0.05) is 44.8 Å². The molecule has 158 valence electrons. The minimum atomic E-state index is -0.546. The van der Waals surface area contributed by atoms with Gasteiger partial charge in [-0.15, -0.1) is 0 Å². The lowest BCUT2D eigenvalue weighted by Crippen LogP contribution is -2.42. The minimum absolute atomic E-state index is 0.0167. The highest BCUT2D eigenvalue weighted by Gasteiger charge is 2.25. The van der Waals surface area contributed by atoms with Crippen molar-refractivity contribution in [1.82, 2.24) is 14.8 Å². The van der Waals surface area contributed by atoms with Gasteiger partial charge in [0.1, 0.15) is 12.1 Å². The number of likely N-dealkylation sites (N-methyl/N-ethyl adjacent to an activating group) is 1. The third-order valence-corrected chi connectivity index (χ3v) is 5.00. The van der Waals surface area contributed by atoms with Crippen LogP contribution >= 0.6 is 0 Å². The maximum atomic E-state index is 13.0. The van der Waals surface area contributed by atoms with Crippen molar-refractivity contribution in [1.29, 1.82) is 0 Å². The van der Waals surface area contributed by atoms with Gasteiger partial charge in [0.05, 0.1) is 0 Å². The SMILES string of the molecule is CNC(=O)c1cc2c(n(CC(=O)N(C)CC(C)(C)CO)c1=O)CCCC(=O)/C=C\2. The summed E-state index contributed by atoms with van der Waals surface area (Å²) in [5.74, 6) is -0.862. The van der Waals surface area contributed by atoms with Crippen LogP contribution in [-0.2, 0) is 22.6 Å². The van der Waals surface area contributed by atoms with Crippen LogP contribution in [0.15, 0.2) is 16.9 Å². The van der Waals surface area contributed by atoms with E-state index in [1.54, 1.807) is 13.1 Å². The highest BCUT2D eigenvalue weighted by molar-refractivity contribution is 5.96. The third-order valence-electron chi connectivity index (χ3n) is 5.00. The number of carbonyl (C=O) groups is 3. The van der Waals surface area contributed by atoms with E-state index < -0.39 is 16.9 Å². The zero-order valence-electron chi connectivity index (χ0n) is 17.4. The molecule has 1 aromatic rings. The van der Waals surface area contributed by atoms with E-state index in [4.69, 9.17) is 0 Å². The van der Waals surface area contributed by atoms with Gasteiger partial charge in [-0.25, -0.2) is 0 Å². The third kappa shape index (κ3) is 5.41. The largest absolute Gasteiger partial charge is 0.396 e. The summed E-state index contributed by atoms with van der Waals surface area (Å²) in [7, 11) is 3.05. The van der Waals surface area contributed by atoms with Crippen molar-refractivity contribution in [2.24, 2.45) is 5.41 Å². The average molecular weight is 403 g/mol. The van der Waals surface area contributed by atoms with Gasteiger partial charge in [0.25, 0.3) is 11.5 Å². The summed E-state index contributed by atoms with van der Waals surface area (Å²) in [6, 6.07) is 1.48. The number of fused-ring (bicyclic) bond motifs is 1. The van der Waals surface area contributed by atoms with E-state index in [0.29, 0.717) is 37.1 Å². The second-order valence-electron chi connectivity index (χ2n) is 8.16. The second kappa shape index (κ2) is 9.17. The molecule has 0 unspecified atom stereocenters. The Morgan fingerprint density at radius 3 is 2.55 bits per heavy atom. The number of hydrogen-bond acceptors (Lipinski definition) is 5. The van der Waals surface area contributed by atoms with Crippen molar-refractivity contribution >= 4 is 23.7 Å². The van der Waals surface area contributed by atoms with Crippen LogP contribution in [0.5, 0.6) is 0 Å². The number of hydrogen-bond donors (Lipinski definition) is 2. The lowest BCUT2D eigenvalue weighted by atomic mass is 9.94. The van der Waals surface area contributed by atoms with Gasteiger partial charge in [0.2, 0.25) is 5.91 Å². The number of nitrogens with zero attached hydrogens (tertiary/aromatic N) is 2. The molecule has 8 heteroatoms. The van der Waals surface area contributed by atoms with Gasteiger partial charge >= 0.3 is 0 Å². The Morgan fingerprint density at radius 1 is 1.24 bits per heavy atom. The fourth-order valence-corrected chi connectivity index (χ4v) is 3.34. The number of pyridine rings is 1. The van der Waals surface area contributed by atoms with Gasteiger partial charge < -0.3 is 19.9 Å². The molecule has 0 saturated heterocycles. The number of amides is 2. The molecule has 2 N–H and O–H groups in total. The second-order valence-corrected chi connectivity index (χ2v) is 8.16. The lowest BCUT2D eigenvalue weighted by Gasteiger charge is -2.29. The van der Waals surface area contributed by atoms with Crippen molar-refractivity contribution in [2.45, 2.75) is 39.7 Å². The molecule has 0 fully saturated rings. The van der Waals surface area contributed by atoms with Crippen molar-refractivity contribution in [3.8, 4) is 0 Å². The molecule has 29 heavy (non-hydrogen) atoms. The van der Waals surface area contributed by atoms with Crippen LogP contribution in [-0.4, -0.2) is 59.4 Å². The lowest BCUT2D eigenvalue weighted by molar-refractivity contribution is -0.132. The van der Waals surface area contributed by atoms with Crippen LogP contribution in [0.4, 0.5) is 0 Å². The zero-order valence-corrected chi connectivity index (χ0v) is 17.4. The molecule has 1 heterocycles. The molecule has 2 amide bonds. The molecule has 0 aliphatic heterocycles. The van der Waals surface area contributed by atoms with Gasteiger partial charge in [-0.2, -0.15) is 0 Å². The summed E-state index contributed by atoms with van der Waals surface area (Å²) in [5.41, 5.74) is 0.135. The van der Waals surface area contributed by atoms with E-state index in [0.717, 1.165) is 0 Å². The Morgan fingerprint density at radius 2 is 1.93 bits per heavy atom. The number of carbonyl (C=O) groups excluding carboxylic acids is 3. The Balaban J connectivity index is 2.50. The number of ketones is 1. The topological polar surface area (TPSA) is 109 Å². The van der Waals surface area contributed by atoms with Crippen molar-refractivity contribution in [2.75, 3.05) is 27.2 Å². The van der Waals surface area contributed by atoms with Crippen LogP contribution in [0.25, 0.3) is 6.08 Å². The first-order chi connectivity index (χ1) is 13.6. The Bertz CT molecular complexity index is 898. The zero-order chi connectivity index (χ0) is 21.8. The summed E-state index contributed by atoms with van der Waals surface area (Å²) in [6.07, 6.45) is 4.41. The number of rotatable bonds is 6. The molecule has 2 rings (SSSR count). The van der Waals surface area contributed by atoms with E-state index in [2.05, 4.69) is 5.32 Å². The summed E-state index contributed by atoms with van der Waals surface area (Å²) >= 11 is 0. The summed E-state index contributed by atoms with van der Waals surface area (Å²) in [5, 5.41) is 11.9. The van der Waals surface area contributed by atoms with Crippen molar-refractivity contribution in [3.63, 3.8) is 0 Å². The highest BCUT2D eigenvalue weighted by atomic mass is 16.3. The van der Waals surface area contributed by atoms with Crippen molar-refractivity contribution in [3.05, 3.63) is 39.3 Å². The number of aliphatic hydroxyl groups excluding tert-OH is 1. The highest BCUT2D eigenvalue weighted by Crippen LogP contribution is 2.19. The van der Waals surface area contributed by atoms with E-state index >= 15 is 0 Å². The maximum absolute atomic E-state index is 13.0. The molecule has 8 nitrogen and oxygen atoms in total. The van der Waals surface area contributed by atoms with E-state index in [-0.39, 0.29) is 30.4 Å². The maximum Gasteiger partial charge on any atom is 0.264 e. The first kappa shape index (κ1) is 22.5. The molecule has 0 bridgehead atoms. The molecule has 0 saturated carbocycles. The van der Waals surface area contributed by atoms with Crippen LogP contribution in [0.3, 0.4) is 0 Å². The molecule has 1 aliphatic rings. The van der Waals surface area contributed by atoms with Gasteiger partial charge in [0.15, 0.2) is 5.78 Å². The predicted molar refractivity (Wildman–Crippen MR) is 110 cm³/mol. The summed E-state index contributed by atoms with van der Waals surface area (Å²) < 4.78 is 1.34. The Kier molecular flexibility index (Phi) is 7.13. The number of nitrogens with one attached hydrogen (secondary N) is 1. The molecule has 0 atom stereocenters. The standard InChI is InChI=1S/C21H29N3O5/c1-21(2,13-25)12-23(4)18(27)11-24-17-7-5-6-15(26)9-8-14(17)10-16(20(24)29)19(28)22-3/h8-10,25H,5-7,11-13H2,1-4H3,(H,22,28)/b9-8-. The monoisotopic (exact) mass is 403 g/mol. The summed E-state index contributed by atoms with van der Waals surface area (Å²) in [6.45, 7) is 3.71. The Hall–Kier alpha value is -2.74. The molecule has 1 aromatic heterocycles. The molecule has 1 aliphatic carbocycles. The van der Waals surface area contributed by atoms with Gasteiger partial charge in [-0.3, -0.25) is 19.2 Å². The van der Waals surface area contributed by atoms with Gasteiger partial charge in [-0.05, 0) is 36.6 Å². The fourth-order valence-electron chi connectivity index (χ4n) is 3.34. The molecule has 0 radical (unpaired) electrons. The number of aliphatic hydroxyl groups is 1. The van der Waals surface area contributed by atoms with Crippen LogP contribution in [0.1, 0.15) is 48.3 Å². The molecule has 0 spiro atoms. The smallest absolute Gasteiger partial charge is 0.264 e. The van der Waals surface area contributed by atoms with E-state index in [1.807, 2.05) is 13.8 Å². The van der Waals surface area contributed by atoms with Gasteiger partial charge in [-0.1, -0.05) is 13.8 Å². The average Bonchev–Trinajstić information content (AvgIpc) is 2.66. The van der Waals surface area contributed by atoms with E-state index in [9.17, 15) is 24.3 Å². The van der Waals surface area contributed by atoms with Crippen LogP contribution < -0.4 is 10.9 Å². The first-order valence-corrected chi connectivity index (χ1v) is 9.64. The molecule has 0 aromatic carbocycles. The number of aromatic nitrogens is 1. The fraction of sp³-hybridized carbons (Fsp3) is 0.524. The molecular formula is C21H29N3O5. The normalized spacial score (nSPS) is 15.1. The number of allylic oxidation sites excluding steroid dienone is 1. The van der Waals surface area contributed by atoms with Crippen LogP contribution in [0.2, 0.25) is 0 Å². The quantitative estimate of drug-likeness (QED) is 0.723. The Labute approximate surface area is 170 Å². The van der Waals surface area contributed by atoms with Crippen LogP contribution in [0, 0.1) is 5.41 Å². The predicted octanol–water partition coefficient (Wildman–Crippen LogP) is 0.603. The molecular weight excluding hydrogens is 374 g/mol. The first-order valence-electron chi connectivity index (χ1n) is 9.64. The van der Waals surface area contributed by atoms with Crippen molar-refractivity contribution < 1.29 is 19.5 Å². The summed E-state index contributed by atoms with van der Waals surface area (Å²) in [4.78, 5) is 51.3. The minimum Gasteiger partial charge on any atom is -0.396 e. The van der Waals surface area contributed by atoms with E-state index in [1.165, 1.54) is 28.7 Å².